The van der Waals surface area contributed by atoms with Crippen LogP contribution in [0.2, 0.25) is 0 Å². The molecule has 0 saturated heterocycles. The Kier molecular flexibility index (Phi) is 8.39. The van der Waals surface area contributed by atoms with Gasteiger partial charge in [-0.1, -0.05) is 32.0 Å². The molecule has 3 nitrogen and oxygen atoms in total. The topological polar surface area (TPSA) is 43.4 Å². The molecule has 0 atom stereocenters. The molecule has 17 heavy (non-hydrogen) atoms. The summed E-state index contributed by atoms with van der Waals surface area (Å²) in [6.45, 7) is 5.23. The molecule has 6 heteroatoms. The quantitative estimate of drug-likeness (QED) is 0.794. The third-order valence-electron chi connectivity index (χ3n) is 1.71. The molecule has 0 bridgehead atoms. The third-order valence-corrected chi connectivity index (χ3v) is 1.71. The van der Waals surface area contributed by atoms with Crippen molar-refractivity contribution in [1.82, 2.24) is 0 Å². The van der Waals surface area contributed by atoms with Gasteiger partial charge in [-0.15, -0.1) is 0 Å². The maximum absolute atomic E-state index is 9.16. The molecule has 0 aromatic heterocycles. The van der Waals surface area contributed by atoms with Crippen LogP contribution in [-0.2, 0) is 8.26 Å². The minimum atomic E-state index is -3.72. The molecule has 0 N–H and O–H groups in total. The molecular formula is C11H16Cl2O3S. The van der Waals surface area contributed by atoms with Crippen LogP contribution in [0.4, 0.5) is 0 Å². The molecule has 0 unspecified atom stereocenters. The van der Waals surface area contributed by atoms with Crippen LogP contribution in [0.15, 0.2) is 30.3 Å². The van der Waals surface area contributed by atoms with E-state index in [0.29, 0.717) is 5.92 Å². The van der Waals surface area contributed by atoms with E-state index >= 15 is 0 Å². The summed E-state index contributed by atoms with van der Waals surface area (Å²) in [5.74, 6) is 1.69. The molecule has 0 radical (unpaired) electrons. The van der Waals surface area contributed by atoms with E-state index in [9.17, 15) is 0 Å². The molecular weight excluding hydrogens is 283 g/mol. The Morgan fingerprint density at radius 3 is 2.06 bits per heavy atom. The largest absolute Gasteiger partial charge is 0.494 e. The van der Waals surface area contributed by atoms with Crippen LogP contribution in [0.1, 0.15) is 20.3 Å². The SMILES string of the molecule is CC(C)CCOc1ccccc1.O=S(=O)(Cl)Cl. The van der Waals surface area contributed by atoms with Crippen molar-refractivity contribution in [3.63, 3.8) is 0 Å². The van der Waals surface area contributed by atoms with Crippen molar-refractivity contribution in [2.75, 3.05) is 6.61 Å². The first-order chi connectivity index (χ1) is 7.79. The number of halogens is 2. The second-order valence-corrected chi connectivity index (χ2v) is 7.39. The van der Waals surface area contributed by atoms with Crippen LogP contribution >= 0.6 is 21.4 Å². The van der Waals surface area contributed by atoms with E-state index < -0.39 is 8.26 Å². The highest BCUT2D eigenvalue weighted by molar-refractivity contribution is 8.31. The van der Waals surface area contributed by atoms with Gasteiger partial charge in [0.15, 0.2) is 0 Å². The Balaban J connectivity index is 0.000000437. The van der Waals surface area contributed by atoms with Crippen molar-refractivity contribution in [2.45, 2.75) is 20.3 Å². The minimum Gasteiger partial charge on any atom is -0.494 e. The average molecular weight is 299 g/mol. The van der Waals surface area contributed by atoms with Crippen LogP contribution in [0.5, 0.6) is 5.75 Å². The summed E-state index contributed by atoms with van der Waals surface area (Å²) in [5, 5.41) is 0. The number of benzene rings is 1. The Labute approximate surface area is 112 Å². The summed E-state index contributed by atoms with van der Waals surface area (Å²) >= 11 is 0. The molecule has 0 amide bonds. The Bertz CT molecular complexity index is 382. The van der Waals surface area contributed by atoms with E-state index in [0.717, 1.165) is 18.8 Å². The fourth-order valence-corrected chi connectivity index (χ4v) is 0.929. The smallest absolute Gasteiger partial charge is 0.317 e. The Morgan fingerprint density at radius 2 is 1.65 bits per heavy atom. The molecule has 0 spiro atoms. The van der Waals surface area contributed by atoms with Gasteiger partial charge in [0.2, 0.25) is 0 Å². The van der Waals surface area contributed by atoms with E-state index in [1.165, 1.54) is 0 Å². The maximum Gasteiger partial charge on any atom is 0.317 e. The van der Waals surface area contributed by atoms with E-state index in [-0.39, 0.29) is 0 Å². The monoisotopic (exact) mass is 298 g/mol. The lowest BCUT2D eigenvalue weighted by Crippen LogP contribution is -2.00. The molecule has 0 aliphatic carbocycles. The zero-order valence-corrected chi connectivity index (χ0v) is 12.1. The van der Waals surface area contributed by atoms with Crippen molar-refractivity contribution in [2.24, 2.45) is 5.92 Å². The average Bonchev–Trinajstić information content (AvgIpc) is 2.16. The van der Waals surface area contributed by atoms with Gasteiger partial charge in [0.1, 0.15) is 5.75 Å². The molecule has 98 valence electrons. The van der Waals surface area contributed by atoms with Crippen LogP contribution in [0.25, 0.3) is 0 Å². The van der Waals surface area contributed by atoms with Gasteiger partial charge in [-0.05, 0) is 24.5 Å². The summed E-state index contributed by atoms with van der Waals surface area (Å²) in [4.78, 5) is 0. The van der Waals surface area contributed by atoms with Gasteiger partial charge in [-0.25, -0.2) is 0 Å². The van der Waals surface area contributed by atoms with Gasteiger partial charge in [-0.2, -0.15) is 8.42 Å². The second-order valence-electron chi connectivity index (χ2n) is 3.72. The Hall–Kier alpha value is -0.450. The summed E-state index contributed by atoms with van der Waals surface area (Å²) in [5.41, 5.74) is 0. The van der Waals surface area contributed by atoms with Gasteiger partial charge >= 0.3 is 8.26 Å². The van der Waals surface area contributed by atoms with Crippen LogP contribution < -0.4 is 4.74 Å². The van der Waals surface area contributed by atoms with Gasteiger partial charge in [0, 0.05) is 21.4 Å². The first-order valence-electron chi connectivity index (χ1n) is 5.11. The summed E-state index contributed by atoms with van der Waals surface area (Å²) < 4.78 is 23.8. The van der Waals surface area contributed by atoms with Gasteiger partial charge in [0.25, 0.3) is 0 Å². The normalized spacial score (nSPS) is 10.6. The second kappa shape index (κ2) is 8.61. The van der Waals surface area contributed by atoms with Gasteiger partial charge in [0.05, 0.1) is 6.61 Å². The van der Waals surface area contributed by atoms with Crippen molar-refractivity contribution in [3.8, 4) is 5.75 Å². The summed E-state index contributed by atoms with van der Waals surface area (Å²) in [6, 6.07) is 9.95. The standard InChI is InChI=1S/C11H16O.Cl2O2S/c1-10(2)8-9-12-11-6-4-3-5-7-11;1-5(2,3)4/h3-7,10H,8-9H2,1-2H3;. The molecule has 0 fully saturated rings. The highest BCUT2D eigenvalue weighted by Crippen LogP contribution is 2.09. The molecule has 1 aromatic carbocycles. The summed E-state index contributed by atoms with van der Waals surface area (Å²) in [7, 11) is 4.81. The maximum atomic E-state index is 9.16. The van der Waals surface area contributed by atoms with Crippen molar-refractivity contribution >= 4 is 29.6 Å². The van der Waals surface area contributed by atoms with Crippen molar-refractivity contribution < 1.29 is 13.2 Å². The zero-order chi connectivity index (χ0) is 13.3. The van der Waals surface area contributed by atoms with Gasteiger partial charge in [-0.3, -0.25) is 0 Å². The number of hydrogen-bond donors (Lipinski definition) is 0. The molecule has 1 aromatic rings. The lowest BCUT2D eigenvalue weighted by molar-refractivity contribution is 0.289. The zero-order valence-electron chi connectivity index (χ0n) is 9.77. The molecule has 0 heterocycles. The Morgan fingerprint density at radius 1 is 1.18 bits per heavy atom. The van der Waals surface area contributed by atoms with Crippen LogP contribution in [0.3, 0.4) is 0 Å². The fraction of sp³-hybridized carbons (Fsp3) is 0.455. The lowest BCUT2D eigenvalue weighted by Gasteiger charge is -2.07. The number of ether oxygens (including phenoxy) is 1. The lowest BCUT2D eigenvalue weighted by atomic mass is 10.1. The van der Waals surface area contributed by atoms with E-state index in [1.807, 2.05) is 30.3 Å². The number of para-hydroxylation sites is 1. The first-order valence-corrected chi connectivity index (χ1v) is 8.24. The van der Waals surface area contributed by atoms with E-state index in [2.05, 4.69) is 35.2 Å². The minimum absolute atomic E-state index is 0.716. The first kappa shape index (κ1) is 16.6. The number of hydrogen-bond acceptors (Lipinski definition) is 3. The van der Waals surface area contributed by atoms with E-state index in [4.69, 9.17) is 13.2 Å². The summed E-state index contributed by atoms with van der Waals surface area (Å²) in [6.07, 6.45) is 1.12. The molecule has 0 saturated carbocycles. The van der Waals surface area contributed by atoms with Crippen LogP contribution in [0, 0.1) is 5.92 Å². The van der Waals surface area contributed by atoms with Crippen LogP contribution in [-0.4, -0.2) is 15.0 Å². The molecule has 0 aliphatic rings. The van der Waals surface area contributed by atoms with Gasteiger partial charge < -0.3 is 4.74 Å². The highest BCUT2D eigenvalue weighted by atomic mass is 36.0. The molecule has 0 aliphatic heterocycles. The predicted molar refractivity (Wildman–Crippen MR) is 72.0 cm³/mol. The molecule has 1 rings (SSSR count). The fourth-order valence-electron chi connectivity index (χ4n) is 0.929. The highest BCUT2D eigenvalue weighted by Gasteiger charge is 1.94. The van der Waals surface area contributed by atoms with Crippen molar-refractivity contribution in [3.05, 3.63) is 30.3 Å². The third kappa shape index (κ3) is 15.6. The predicted octanol–water partition coefficient (Wildman–Crippen LogP) is 3.82. The van der Waals surface area contributed by atoms with E-state index in [1.54, 1.807) is 0 Å². The van der Waals surface area contributed by atoms with Crippen molar-refractivity contribution in [1.29, 1.82) is 0 Å². The number of rotatable bonds is 4.